The summed E-state index contributed by atoms with van der Waals surface area (Å²) in [4.78, 5) is 5.07. The molecule has 1 aromatic carbocycles. The smallest absolute Gasteiger partial charge is 0.0471 e. The Hall–Kier alpha value is -0.900. The molecule has 2 atom stereocenters. The molecule has 3 heteroatoms. The van der Waals surface area contributed by atoms with E-state index in [0.717, 1.165) is 25.6 Å². The average molecular weight is 287 g/mol. The Balaban J connectivity index is 1.71. The van der Waals surface area contributed by atoms with Gasteiger partial charge in [0.05, 0.1) is 0 Å². The SMILES string of the molecule is CCC1CN(C(CN)c2ccc(C3CC3)cc2)CCN1C. The fourth-order valence-corrected chi connectivity index (χ4v) is 3.60. The van der Waals surface area contributed by atoms with Crippen molar-refractivity contribution in [1.29, 1.82) is 0 Å². The molecular formula is C18H29N3. The molecule has 2 N–H and O–H groups in total. The van der Waals surface area contributed by atoms with E-state index in [1.807, 2.05) is 0 Å². The molecule has 2 aliphatic rings. The van der Waals surface area contributed by atoms with Crippen molar-refractivity contribution in [3.8, 4) is 0 Å². The molecule has 1 aliphatic heterocycles. The first-order valence-corrected chi connectivity index (χ1v) is 8.47. The van der Waals surface area contributed by atoms with Gasteiger partial charge in [0, 0.05) is 38.3 Å². The predicted octanol–water partition coefficient (Wildman–Crippen LogP) is 2.59. The molecule has 0 amide bonds. The Morgan fingerprint density at radius 1 is 1.19 bits per heavy atom. The lowest BCUT2D eigenvalue weighted by Crippen LogP contribution is -2.53. The lowest BCUT2D eigenvalue weighted by molar-refractivity contribution is 0.0644. The summed E-state index contributed by atoms with van der Waals surface area (Å²) in [6, 6.07) is 10.3. The van der Waals surface area contributed by atoms with Crippen LogP contribution in [0.15, 0.2) is 24.3 Å². The monoisotopic (exact) mass is 287 g/mol. The first kappa shape index (κ1) is 15.0. The van der Waals surface area contributed by atoms with Crippen LogP contribution >= 0.6 is 0 Å². The van der Waals surface area contributed by atoms with Crippen LogP contribution in [0.2, 0.25) is 0 Å². The molecular weight excluding hydrogens is 258 g/mol. The Bertz CT molecular complexity index is 452. The molecule has 21 heavy (non-hydrogen) atoms. The van der Waals surface area contributed by atoms with Crippen LogP contribution in [0.1, 0.15) is 49.3 Å². The van der Waals surface area contributed by atoms with Gasteiger partial charge in [0.2, 0.25) is 0 Å². The van der Waals surface area contributed by atoms with Gasteiger partial charge >= 0.3 is 0 Å². The quantitative estimate of drug-likeness (QED) is 0.903. The van der Waals surface area contributed by atoms with Crippen molar-refractivity contribution in [2.45, 2.75) is 44.2 Å². The molecule has 0 radical (unpaired) electrons. The summed E-state index contributed by atoms with van der Waals surface area (Å²) in [5, 5.41) is 0. The molecule has 2 fully saturated rings. The Kier molecular flexibility index (Phi) is 4.63. The van der Waals surface area contributed by atoms with Crippen LogP contribution < -0.4 is 5.73 Å². The Labute approximate surface area is 129 Å². The van der Waals surface area contributed by atoms with E-state index in [1.54, 1.807) is 0 Å². The van der Waals surface area contributed by atoms with Crippen LogP contribution in [0.5, 0.6) is 0 Å². The third kappa shape index (κ3) is 3.31. The van der Waals surface area contributed by atoms with Crippen molar-refractivity contribution in [2.75, 3.05) is 33.2 Å². The van der Waals surface area contributed by atoms with E-state index in [4.69, 9.17) is 5.73 Å². The zero-order chi connectivity index (χ0) is 14.8. The minimum atomic E-state index is 0.376. The topological polar surface area (TPSA) is 32.5 Å². The zero-order valence-electron chi connectivity index (χ0n) is 13.5. The van der Waals surface area contributed by atoms with Crippen molar-refractivity contribution < 1.29 is 0 Å². The molecule has 0 aromatic heterocycles. The molecule has 1 aromatic rings. The molecule has 0 bridgehead atoms. The summed E-state index contributed by atoms with van der Waals surface area (Å²) in [5.74, 6) is 0.837. The largest absolute Gasteiger partial charge is 0.329 e. The van der Waals surface area contributed by atoms with Gasteiger partial charge in [-0.3, -0.25) is 4.90 Å². The third-order valence-electron chi connectivity index (χ3n) is 5.31. The van der Waals surface area contributed by atoms with Gasteiger partial charge in [0.1, 0.15) is 0 Å². The summed E-state index contributed by atoms with van der Waals surface area (Å²) in [7, 11) is 2.24. The predicted molar refractivity (Wildman–Crippen MR) is 88.5 cm³/mol. The Morgan fingerprint density at radius 3 is 2.48 bits per heavy atom. The molecule has 3 rings (SSSR count). The maximum absolute atomic E-state index is 6.11. The molecule has 1 aliphatic carbocycles. The first-order valence-electron chi connectivity index (χ1n) is 8.47. The minimum absolute atomic E-state index is 0.376. The second-order valence-corrected chi connectivity index (χ2v) is 6.73. The summed E-state index contributed by atoms with van der Waals surface area (Å²) >= 11 is 0. The maximum atomic E-state index is 6.11. The lowest BCUT2D eigenvalue weighted by Gasteiger charge is -2.42. The van der Waals surface area contributed by atoms with Gasteiger partial charge < -0.3 is 10.6 Å². The van der Waals surface area contributed by atoms with Crippen molar-refractivity contribution in [1.82, 2.24) is 9.80 Å². The van der Waals surface area contributed by atoms with Crippen LogP contribution in [-0.4, -0.2) is 49.1 Å². The Morgan fingerprint density at radius 2 is 1.90 bits per heavy atom. The second kappa shape index (κ2) is 6.47. The van der Waals surface area contributed by atoms with Gasteiger partial charge in [0.15, 0.2) is 0 Å². The number of likely N-dealkylation sites (N-methyl/N-ethyl adjacent to an activating group) is 1. The number of nitrogens with zero attached hydrogens (tertiary/aromatic N) is 2. The molecule has 1 saturated carbocycles. The fourth-order valence-electron chi connectivity index (χ4n) is 3.60. The second-order valence-electron chi connectivity index (χ2n) is 6.73. The number of nitrogens with two attached hydrogens (primary N) is 1. The molecule has 116 valence electrons. The highest BCUT2D eigenvalue weighted by molar-refractivity contribution is 5.30. The van der Waals surface area contributed by atoms with Crippen LogP contribution in [-0.2, 0) is 0 Å². The van der Waals surface area contributed by atoms with E-state index in [1.165, 1.54) is 30.4 Å². The van der Waals surface area contributed by atoms with E-state index >= 15 is 0 Å². The molecule has 3 nitrogen and oxygen atoms in total. The summed E-state index contributed by atoms with van der Waals surface area (Å²) in [5.41, 5.74) is 9.02. The number of benzene rings is 1. The van der Waals surface area contributed by atoms with Gasteiger partial charge in [-0.1, -0.05) is 31.2 Å². The van der Waals surface area contributed by atoms with E-state index in [0.29, 0.717) is 18.6 Å². The number of rotatable bonds is 5. The third-order valence-corrected chi connectivity index (χ3v) is 5.31. The number of hydrogen-bond donors (Lipinski definition) is 1. The van der Waals surface area contributed by atoms with E-state index in [9.17, 15) is 0 Å². The van der Waals surface area contributed by atoms with Gasteiger partial charge in [0.25, 0.3) is 0 Å². The minimum Gasteiger partial charge on any atom is -0.329 e. The summed E-state index contributed by atoms with van der Waals surface area (Å²) in [6.45, 7) is 6.41. The maximum Gasteiger partial charge on any atom is 0.0471 e. The molecule has 1 saturated heterocycles. The van der Waals surface area contributed by atoms with Gasteiger partial charge in [-0.15, -0.1) is 0 Å². The first-order chi connectivity index (χ1) is 10.2. The number of piperazine rings is 1. The highest BCUT2D eigenvalue weighted by Crippen LogP contribution is 2.40. The molecule has 2 unspecified atom stereocenters. The molecule has 0 spiro atoms. The fraction of sp³-hybridized carbons (Fsp3) is 0.667. The van der Waals surface area contributed by atoms with Crippen molar-refractivity contribution in [3.63, 3.8) is 0 Å². The van der Waals surface area contributed by atoms with Gasteiger partial charge in [-0.2, -0.15) is 0 Å². The van der Waals surface area contributed by atoms with Crippen molar-refractivity contribution in [3.05, 3.63) is 35.4 Å². The van der Waals surface area contributed by atoms with Crippen LogP contribution in [0.25, 0.3) is 0 Å². The zero-order valence-corrected chi connectivity index (χ0v) is 13.5. The normalized spacial score (nSPS) is 26.0. The lowest BCUT2D eigenvalue weighted by atomic mass is 9.99. The van der Waals surface area contributed by atoms with Crippen LogP contribution in [0.3, 0.4) is 0 Å². The standard InChI is InChI=1S/C18H29N3/c1-3-17-13-21(11-10-20(17)2)18(12-19)16-8-6-15(7-9-16)14-4-5-14/h6-9,14,17-18H,3-5,10-13,19H2,1-2H3. The van der Waals surface area contributed by atoms with Crippen LogP contribution in [0.4, 0.5) is 0 Å². The van der Waals surface area contributed by atoms with Gasteiger partial charge in [-0.05, 0) is 43.4 Å². The highest BCUT2D eigenvalue weighted by atomic mass is 15.3. The van der Waals surface area contributed by atoms with E-state index < -0.39 is 0 Å². The highest BCUT2D eigenvalue weighted by Gasteiger charge is 2.28. The van der Waals surface area contributed by atoms with Crippen LogP contribution in [0, 0.1) is 0 Å². The van der Waals surface area contributed by atoms with E-state index in [2.05, 4.69) is 48.0 Å². The number of hydrogen-bond acceptors (Lipinski definition) is 3. The summed E-state index contributed by atoms with van der Waals surface area (Å²) < 4.78 is 0. The van der Waals surface area contributed by atoms with Gasteiger partial charge in [-0.25, -0.2) is 0 Å². The van der Waals surface area contributed by atoms with E-state index in [-0.39, 0.29) is 0 Å². The van der Waals surface area contributed by atoms with Crippen molar-refractivity contribution >= 4 is 0 Å². The summed E-state index contributed by atoms with van der Waals surface area (Å²) in [6.07, 6.45) is 3.96. The van der Waals surface area contributed by atoms with Crippen molar-refractivity contribution in [2.24, 2.45) is 5.73 Å². The molecule has 1 heterocycles. The average Bonchev–Trinajstić information content (AvgIpc) is 3.35.